The maximum Gasteiger partial charge on any atom is 0.311 e. The lowest BCUT2D eigenvalue weighted by molar-refractivity contribution is -0.134. The number of benzene rings is 1. The molecule has 0 N–H and O–H groups in total. The molecule has 0 bridgehead atoms. The van der Waals surface area contributed by atoms with Crippen molar-refractivity contribution in [2.45, 2.75) is 91.9 Å². The molecule has 0 spiro atoms. The summed E-state index contributed by atoms with van der Waals surface area (Å²) in [6.07, 6.45) is 14.8. The monoisotopic (exact) mass is 474 g/mol. The average Bonchev–Trinajstić information content (AvgIpc) is 2.83. The predicted molar refractivity (Wildman–Crippen MR) is 140 cm³/mol. The van der Waals surface area contributed by atoms with Crippen molar-refractivity contribution in [3.8, 4) is 5.75 Å². The number of halogens is 2. The second-order valence-corrected chi connectivity index (χ2v) is 9.54. The van der Waals surface area contributed by atoms with Crippen LogP contribution in [0.3, 0.4) is 0 Å². The number of hydrogen-bond donors (Lipinski definition) is 0. The molecule has 34 heavy (non-hydrogen) atoms. The normalized spacial score (nSPS) is 14.1. The number of carbonyl (C=O) groups excluding carboxylic acids is 1. The van der Waals surface area contributed by atoms with Gasteiger partial charge in [0.25, 0.3) is 0 Å². The van der Waals surface area contributed by atoms with E-state index in [1.807, 2.05) is 6.92 Å². The highest BCUT2D eigenvalue weighted by Crippen LogP contribution is 2.25. The molecule has 0 saturated carbocycles. The number of allylic oxidation sites excluding steroid dienone is 5. The Balaban J connectivity index is 2.37. The van der Waals surface area contributed by atoms with E-state index in [9.17, 15) is 13.6 Å². The first-order valence-electron chi connectivity index (χ1n) is 12.9. The molecule has 0 aromatic heterocycles. The maximum atomic E-state index is 13.4. The molecule has 0 amide bonds. The molecule has 0 aliphatic carbocycles. The Hall–Kier alpha value is -2.23. The number of hydrogen-bond acceptors (Lipinski definition) is 2. The maximum absolute atomic E-state index is 13.4. The van der Waals surface area contributed by atoms with Crippen LogP contribution in [0.25, 0.3) is 5.57 Å². The van der Waals surface area contributed by atoms with Crippen molar-refractivity contribution in [1.82, 2.24) is 0 Å². The second kappa shape index (κ2) is 17.2. The van der Waals surface area contributed by atoms with Crippen LogP contribution >= 0.6 is 0 Å². The van der Waals surface area contributed by atoms with Gasteiger partial charge in [0, 0.05) is 6.42 Å². The molecule has 0 aliphatic heterocycles. The zero-order valence-corrected chi connectivity index (χ0v) is 21.7. The molecule has 0 saturated heterocycles. The molecule has 190 valence electrons. The van der Waals surface area contributed by atoms with E-state index < -0.39 is 12.5 Å². The first-order valence-corrected chi connectivity index (χ1v) is 12.9. The number of alkyl halides is 1. The van der Waals surface area contributed by atoms with Crippen molar-refractivity contribution in [1.29, 1.82) is 0 Å². The summed E-state index contributed by atoms with van der Waals surface area (Å²) in [6, 6.07) is 5.10. The van der Waals surface area contributed by atoms with Gasteiger partial charge in [-0.3, -0.25) is 4.79 Å². The van der Waals surface area contributed by atoms with E-state index in [1.165, 1.54) is 50.7 Å². The number of aryl methyl sites for hydroxylation is 1. The summed E-state index contributed by atoms with van der Waals surface area (Å²) in [4.78, 5) is 12.2. The van der Waals surface area contributed by atoms with Crippen LogP contribution in [0.5, 0.6) is 5.75 Å². The van der Waals surface area contributed by atoms with Crippen LogP contribution in [-0.4, -0.2) is 12.6 Å². The van der Waals surface area contributed by atoms with Crippen LogP contribution in [0.2, 0.25) is 0 Å². The molecule has 1 aromatic rings. The highest BCUT2D eigenvalue weighted by molar-refractivity contribution is 5.74. The molecule has 2 atom stereocenters. The fraction of sp³-hybridized carbons (Fsp3) is 0.567. The first kappa shape index (κ1) is 29.8. The number of ether oxygens (including phenoxy) is 1. The highest BCUT2D eigenvalue weighted by atomic mass is 19.1. The number of esters is 1. The van der Waals surface area contributed by atoms with Crippen molar-refractivity contribution in [2.24, 2.45) is 11.8 Å². The summed E-state index contributed by atoms with van der Waals surface area (Å²) in [5, 5.41) is 0. The Morgan fingerprint density at radius 1 is 1.03 bits per heavy atom. The molecule has 1 aromatic carbocycles. The van der Waals surface area contributed by atoms with E-state index in [0.29, 0.717) is 23.3 Å². The van der Waals surface area contributed by atoms with Crippen molar-refractivity contribution < 1.29 is 18.3 Å². The number of carbonyl (C=O) groups is 1. The summed E-state index contributed by atoms with van der Waals surface area (Å²) < 4.78 is 32.1. The van der Waals surface area contributed by atoms with Gasteiger partial charge in [0.1, 0.15) is 18.3 Å². The van der Waals surface area contributed by atoms with Crippen molar-refractivity contribution >= 4 is 11.5 Å². The third-order valence-electron chi connectivity index (χ3n) is 6.47. The molecule has 0 fully saturated rings. The van der Waals surface area contributed by atoms with Gasteiger partial charge in [-0.1, -0.05) is 90.9 Å². The Labute approximate surface area is 206 Å². The van der Waals surface area contributed by atoms with E-state index in [4.69, 9.17) is 4.74 Å². The number of rotatable bonds is 17. The topological polar surface area (TPSA) is 26.3 Å². The quantitative estimate of drug-likeness (QED) is 0.0972. The summed E-state index contributed by atoms with van der Waals surface area (Å²) in [5.74, 6) is 1.30. The number of unbranched alkanes of at least 4 members (excludes halogenated alkanes) is 3. The van der Waals surface area contributed by atoms with Gasteiger partial charge in [0.05, 0.1) is 0 Å². The molecular formula is C30H44F2O2. The van der Waals surface area contributed by atoms with Crippen LogP contribution in [0.1, 0.15) is 96.1 Å². The minimum absolute atomic E-state index is 0.244. The van der Waals surface area contributed by atoms with Gasteiger partial charge >= 0.3 is 5.97 Å². The van der Waals surface area contributed by atoms with Crippen LogP contribution in [-0.2, 0) is 4.79 Å². The predicted octanol–water partition coefficient (Wildman–Crippen LogP) is 9.49. The smallest absolute Gasteiger partial charge is 0.311 e. The third kappa shape index (κ3) is 12.3. The van der Waals surface area contributed by atoms with Gasteiger partial charge in [-0.05, 0) is 66.2 Å². The van der Waals surface area contributed by atoms with Gasteiger partial charge < -0.3 is 4.74 Å². The van der Waals surface area contributed by atoms with Gasteiger partial charge in [0.15, 0.2) is 0 Å². The third-order valence-corrected chi connectivity index (χ3v) is 6.47. The lowest BCUT2D eigenvalue weighted by Gasteiger charge is -2.12. The van der Waals surface area contributed by atoms with E-state index in [2.05, 4.69) is 27.4 Å². The molecule has 4 heteroatoms. The fourth-order valence-corrected chi connectivity index (χ4v) is 3.88. The van der Waals surface area contributed by atoms with Gasteiger partial charge in [-0.2, -0.15) is 0 Å². The Bertz CT molecular complexity index is 810. The van der Waals surface area contributed by atoms with Gasteiger partial charge in [-0.25, -0.2) is 8.78 Å². The highest BCUT2D eigenvalue weighted by Gasteiger charge is 2.10. The van der Waals surface area contributed by atoms with E-state index in [0.717, 1.165) is 42.7 Å². The minimum atomic E-state index is -0.726. The molecule has 2 unspecified atom stereocenters. The summed E-state index contributed by atoms with van der Waals surface area (Å²) in [5.41, 5.74) is 1.71. The molecule has 1 rings (SSSR count). The minimum Gasteiger partial charge on any atom is -0.426 e. The lowest BCUT2D eigenvalue weighted by atomic mass is 9.94. The van der Waals surface area contributed by atoms with Crippen molar-refractivity contribution in [3.63, 3.8) is 0 Å². The van der Waals surface area contributed by atoms with Crippen molar-refractivity contribution in [2.75, 3.05) is 6.67 Å². The van der Waals surface area contributed by atoms with Gasteiger partial charge in [-0.15, -0.1) is 0 Å². The standard InChI is InChI=1S/C30H44F2O2/c1-6-23(3)13-11-12-15-24(4)14-9-8-10-16-30(33)34-29-20-18-26(21-25(29)5)27(22-31)17-19-28(32)7-2/h7,17-21,23-24H,2,6,8-16,22H2,1,3-5H3. The van der Waals surface area contributed by atoms with Crippen LogP contribution in [0, 0.1) is 18.8 Å². The van der Waals surface area contributed by atoms with Crippen LogP contribution in [0.4, 0.5) is 8.78 Å². The lowest BCUT2D eigenvalue weighted by Crippen LogP contribution is -2.08. The first-order chi connectivity index (χ1) is 16.3. The molecule has 0 aliphatic rings. The Kier molecular flexibility index (Phi) is 15.1. The van der Waals surface area contributed by atoms with E-state index >= 15 is 0 Å². The van der Waals surface area contributed by atoms with Crippen molar-refractivity contribution in [3.05, 3.63) is 60.0 Å². The molecule has 0 heterocycles. The second-order valence-electron chi connectivity index (χ2n) is 9.54. The summed E-state index contributed by atoms with van der Waals surface area (Å²) >= 11 is 0. The largest absolute Gasteiger partial charge is 0.426 e. The van der Waals surface area contributed by atoms with Crippen LogP contribution < -0.4 is 4.74 Å². The van der Waals surface area contributed by atoms with E-state index in [-0.39, 0.29) is 5.97 Å². The average molecular weight is 475 g/mol. The zero-order chi connectivity index (χ0) is 25.3. The summed E-state index contributed by atoms with van der Waals surface area (Å²) in [6.45, 7) is 11.3. The summed E-state index contributed by atoms with van der Waals surface area (Å²) in [7, 11) is 0. The van der Waals surface area contributed by atoms with Gasteiger partial charge in [0.2, 0.25) is 0 Å². The zero-order valence-electron chi connectivity index (χ0n) is 21.7. The molecular weight excluding hydrogens is 430 g/mol. The Morgan fingerprint density at radius 2 is 1.68 bits per heavy atom. The van der Waals surface area contributed by atoms with Crippen LogP contribution in [0.15, 0.2) is 48.8 Å². The molecule has 2 nitrogen and oxygen atoms in total. The molecule has 0 radical (unpaired) electrons. The Morgan fingerprint density at radius 3 is 2.26 bits per heavy atom. The fourth-order valence-electron chi connectivity index (χ4n) is 3.88. The SMILES string of the molecule is C=CC(F)=CC=C(CF)c1ccc(OC(=O)CCCCCC(C)CCCCC(C)CC)c(C)c1. The van der Waals surface area contributed by atoms with E-state index in [1.54, 1.807) is 18.2 Å².